The highest BCUT2D eigenvalue weighted by Crippen LogP contribution is 2.37. The summed E-state index contributed by atoms with van der Waals surface area (Å²) in [5.41, 5.74) is 3.27. The highest BCUT2D eigenvalue weighted by Gasteiger charge is 2.27. The van der Waals surface area contributed by atoms with Crippen molar-refractivity contribution >= 4 is 17.4 Å². The topological polar surface area (TPSA) is 80.4 Å². The fourth-order valence-electron chi connectivity index (χ4n) is 4.76. The second-order valence-electron chi connectivity index (χ2n) is 9.64. The Morgan fingerprint density at radius 2 is 1.90 bits per heavy atom. The molecule has 204 valence electrons. The number of anilines is 1. The van der Waals surface area contributed by atoms with E-state index in [2.05, 4.69) is 11.1 Å². The van der Waals surface area contributed by atoms with E-state index in [1.165, 1.54) is 18.2 Å². The number of hydrogen-bond acceptors (Lipinski definition) is 6. The molecule has 0 fully saturated rings. The number of alkyl halides is 2. The van der Waals surface area contributed by atoms with Gasteiger partial charge in [-0.2, -0.15) is 10.2 Å². The summed E-state index contributed by atoms with van der Waals surface area (Å²) in [4.78, 5) is 19.0. The number of nitrogens with zero attached hydrogens (tertiary/aromatic N) is 4. The van der Waals surface area contributed by atoms with Gasteiger partial charge in [0.25, 0.3) is 5.92 Å². The van der Waals surface area contributed by atoms with Crippen LogP contribution < -0.4 is 20.1 Å². The Kier molecular flexibility index (Phi) is 7.21. The number of halogens is 3. The average Bonchev–Trinajstić information content (AvgIpc) is 2.92. The van der Waals surface area contributed by atoms with Crippen LogP contribution in [0.1, 0.15) is 29.2 Å². The largest absolute Gasteiger partial charge is 0.497 e. The maximum absolute atomic E-state index is 13.7. The molecule has 0 unspecified atom stereocenters. The molecule has 0 radical (unpaired) electrons. The van der Waals surface area contributed by atoms with Gasteiger partial charge in [-0.05, 0) is 66.1 Å². The summed E-state index contributed by atoms with van der Waals surface area (Å²) in [5.74, 6) is -1.32. The molecular formula is C30H25ClF2N4O3. The zero-order valence-corrected chi connectivity index (χ0v) is 22.8. The lowest BCUT2D eigenvalue weighted by atomic mass is 9.97. The summed E-state index contributed by atoms with van der Waals surface area (Å²) in [5, 5.41) is 9.61. The molecule has 1 aliphatic rings. The summed E-state index contributed by atoms with van der Waals surface area (Å²) < 4.78 is 40.1. The van der Waals surface area contributed by atoms with E-state index in [9.17, 15) is 18.8 Å². The number of hydrogen-bond donors (Lipinski definition) is 0. The summed E-state index contributed by atoms with van der Waals surface area (Å²) in [6.45, 7) is 1.67. The van der Waals surface area contributed by atoms with Crippen LogP contribution in [0.5, 0.6) is 17.2 Å². The number of aromatic nitrogens is 2. The maximum atomic E-state index is 13.7. The summed E-state index contributed by atoms with van der Waals surface area (Å²) in [6.07, 6.45) is 0.711. The lowest BCUT2D eigenvalue weighted by molar-refractivity contribution is 0.0175. The van der Waals surface area contributed by atoms with E-state index in [1.807, 2.05) is 36.2 Å². The van der Waals surface area contributed by atoms with Crippen molar-refractivity contribution in [3.8, 4) is 34.6 Å². The molecule has 5 rings (SSSR count). The number of nitriles is 1. The first-order chi connectivity index (χ1) is 19.1. The van der Waals surface area contributed by atoms with Crippen molar-refractivity contribution in [1.82, 2.24) is 9.55 Å². The second kappa shape index (κ2) is 10.6. The van der Waals surface area contributed by atoms with Crippen LogP contribution in [0.15, 0.2) is 65.5 Å². The first-order valence-electron chi connectivity index (χ1n) is 12.5. The first-order valence-corrected chi connectivity index (χ1v) is 12.8. The zero-order chi connectivity index (χ0) is 28.6. The summed E-state index contributed by atoms with van der Waals surface area (Å²) >= 11 is 6.03. The predicted octanol–water partition coefficient (Wildman–Crippen LogP) is 6.54. The third-order valence-corrected chi connectivity index (χ3v) is 7.12. The molecule has 0 N–H and O–H groups in total. The molecule has 0 saturated heterocycles. The van der Waals surface area contributed by atoms with Gasteiger partial charge >= 0.3 is 5.69 Å². The van der Waals surface area contributed by atoms with Crippen molar-refractivity contribution < 1.29 is 18.3 Å². The highest BCUT2D eigenvalue weighted by atomic mass is 35.5. The molecule has 1 aliphatic heterocycles. The molecule has 10 heteroatoms. The molecule has 0 bridgehead atoms. The normalized spacial score (nSPS) is 12.2. The quantitative estimate of drug-likeness (QED) is 0.254. The smallest absolute Gasteiger partial charge is 0.350 e. The van der Waals surface area contributed by atoms with E-state index >= 15 is 0 Å². The second-order valence-corrected chi connectivity index (χ2v) is 10.0. The van der Waals surface area contributed by atoms with Crippen LogP contribution in [0.4, 0.5) is 14.6 Å². The molecule has 4 aromatic rings. The summed E-state index contributed by atoms with van der Waals surface area (Å²) in [7, 11) is 3.44. The van der Waals surface area contributed by atoms with Gasteiger partial charge in [0.2, 0.25) is 0 Å². The van der Waals surface area contributed by atoms with Gasteiger partial charge in [-0.15, -0.1) is 0 Å². The predicted molar refractivity (Wildman–Crippen MR) is 149 cm³/mol. The molecule has 0 atom stereocenters. The number of rotatable bonds is 7. The zero-order valence-electron chi connectivity index (χ0n) is 22.0. The van der Waals surface area contributed by atoms with E-state index in [-0.39, 0.29) is 33.3 Å². The molecule has 0 amide bonds. The van der Waals surface area contributed by atoms with Gasteiger partial charge in [-0.1, -0.05) is 17.7 Å². The van der Waals surface area contributed by atoms with E-state index in [1.54, 1.807) is 29.9 Å². The molecule has 2 heterocycles. The molecule has 0 aliphatic carbocycles. The third-order valence-electron chi connectivity index (χ3n) is 6.81. The Morgan fingerprint density at radius 1 is 1.12 bits per heavy atom. The average molecular weight is 563 g/mol. The Morgan fingerprint density at radius 3 is 2.60 bits per heavy atom. The Balaban J connectivity index is 1.38. The van der Waals surface area contributed by atoms with Crippen LogP contribution in [0, 0.1) is 11.3 Å². The molecule has 7 nitrogen and oxygen atoms in total. The van der Waals surface area contributed by atoms with Gasteiger partial charge in [-0.3, -0.25) is 4.57 Å². The molecule has 3 aromatic carbocycles. The van der Waals surface area contributed by atoms with E-state index in [0.29, 0.717) is 25.3 Å². The van der Waals surface area contributed by atoms with Crippen molar-refractivity contribution in [3.05, 3.63) is 98.4 Å². The Bertz CT molecular complexity index is 1710. The first kappa shape index (κ1) is 27.2. The number of benzene rings is 3. The van der Waals surface area contributed by atoms with Crippen LogP contribution in [-0.4, -0.2) is 23.7 Å². The molecule has 0 saturated carbocycles. The number of methoxy groups -OCH3 is 1. The number of aryl methyl sites for hydroxylation is 1. The van der Waals surface area contributed by atoms with E-state index < -0.39 is 5.92 Å². The lowest BCUT2D eigenvalue weighted by Crippen LogP contribution is -2.31. The van der Waals surface area contributed by atoms with Gasteiger partial charge in [-0.25, -0.2) is 13.6 Å². The van der Waals surface area contributed by atoms with Gasteiger partial charge in [0, 0.05) is 44.3 Å². The lowest BCUT2D eigenvalue weighted by Gasteiger charge is -2.25. The van der Waals surface area contributed by atoms with Crippen molar-refractivity contribution in [1.29, 1.82) is 5.26 Å². The monoisotopic (exact) mass is 562 g/mol. The Labute approximate surface area is 234 Å². The molecule has 0 spiro atoms. The van der Waals surface area contributed by atoms with Gasteiger partial charge < -0.3 is 14.4 Å². The van der Waals surface area contributed by atoms with Crippen molar-refractivity contribution in [2.45, 2.75) is 32.4 Å². The SMILES string of the molecule is COc1ccc2c(c1)CCn1c-2cc(N(C)Cc2ccc(Oc3ccc(C(C)(F)F)c(Cl)c3)c(C#N)c2)nc1=O. The Hall–Kier alpha value is -4.42. The minimum Gasteiger partial charge on any atom is -0.497 e. The van der Waals surface area contributed by atoms with Crippen molar-refractivity contribution in [3.63, 3.8) is 0 Å². The third kappa shape index (κ3) is 5.36. The van der Waals surface area contributed by atoms with Crippen LogP contribution in [0.2, 0.25) is 5.02 Å². The van der Waals surface area contributed by atoms with Gasteiger partial charge in [0.15, 0.2) is 0 Å². The highest BCUT2D eigenvalue weighted by molar-refractivity contribution is 6.31. The van der Waals surface area contributed by atoms with E-state index in [0.717, 1.165) is 35.1 Å². The maximum Gasteiger partial charge on any atom is 0.350 e. The minimum atomic E-state index is -3.09. The molecular weight excluding hydrogens is 538 g/mol. The fraction of sp³-hybridized carbons (Fsp3) is 0.233. The minimum absolute atomic E-state index is 0.128. The van der Waals surface area contributed by atoms with Gasteiger partial charge in [0.05, 0.1) is 23.4 Å². The van der Waals surface area contributed by atoms with Crippen molar-refractivity contribution in [2.75, 3.05) is 19.1 Å². The molecule has 1 aromatic heterocycles. The fourth-order valence-corrected chi connectivity index (χ4v) is 5.10. The van der Waals surface area contributed by atoms with E-state index in [4.69, 9.17) is 21.1 Å². The van der Waals surface area contributed by atoms with Crippen LogP contribution in [-0.2, 0) is 25.4 Å². The molecule has 40 heavy (non-hydrogen) atoms. The van der Waals surface area contributed by atoms with Crippen molar-refractivity contribution in [2.24, 2.45) is 0 Å². The van der Waals surface area contributed by atoms with Gasteiger partial charge in [0.1, 0.15) is 29.1 Å². The summed E-state index contributed by atoms with van der Waals surface area (Å²) in [6, 6.07) is 18.8. The van der Waals surface area contributed by atoms with Crippen LogP contribution >= 0.6 is 11.6 Å². The van der Waals surface area contributed by atoms with Crippen LogP contribution in [0.3, 0.4) is 0 Å². The number of fused-ring (bicyclic) bond motifs is 3. The van der Waals surface area contributed by atoms with Crippen LogP contribution in [0.25, 0.3) is 11.3 Å². The standard InChI is InChI=1S/C30H25ClF2N4O3/c1-30(32,33)24-8-6-22(14-25(24)31)40-27-9-4-18(12-20(27)16-34)17-36(2)28-15-26-23-7-5-21(39-3)13-19(23)10-11-37(26)29(38)35-28/h4-9,12-15H,10-11,17H2,1-3H3. The number of ether oxygens (including phenoxy) is 2.